The van der Waals surface area contributed by atoms with Crippen LogP contribution in [0.4, 0.5) is 5.69 Å². The number of fused-ring (bicyclic) bond motifs is 1. The summed E-state index contributed by atoms with van der Waals surface area (Å²) in [6, 6.07) is 13.6. The predicted octanol–water partition coefficient (Wildman–Crippen LogP) is 4.47. The SMILES string of the molecule is Cc1ccc(S(=O)(=O)Nc2cccc(-c3nc4ncccn4c3C)c2)cc1Cl. The van der Waals surface area contributed by atoms with E-state index in [1.165, 1.54) is 12.1 Å². The Labute approximate surface area is 167 Å². The van der Waals surface area contributed by atoms with E-state index >= 15 is 0 Å². The molecule has 0 bridgehead atoms. The molecule has 142 valence electrons. The number of anilines is 1. The first-order valence-corrected chi connectivity index (χ1v) is 10.4. The Morgan fingerprint density at radius 1 is 1.07 bits per heavy atom. The molecule has 0 unspecified atom stereocenters. The van der Waals surface area contributed by atoms with Crippen molar-refractivity contribution >= 4 is 33.1 Å². The van der Waals surface area contributed by atoms with Crippen molar-refractivity contribution in [1.82, 2.24) is 14.4 Å². The fourth-order valence-electron chi connectivity index (χ4n) is 2.96. The Bertz CT molecular complexity index is 1300. The Morgan fingerprint density at radius 3 is 2.64 bits per heavy atom. The Morgan fingerprint density at radius 2 is 1.89 bits per heavy atom. The van der Waals surface area contributed by atoms with Gasteiger partial charge in [0.15, 0.2) is 0 Å². The van der Waals surface area contributed by atoms with Crippen LogP contribution >= 0.6 is 11.6 Å². The maximum atomic E-state index is 12.7. The highest BCUT2D eigenvalue weighted by Gasteiger charge is 2.17. The van der Waals surface area contributed by atoms with Gasteiger partial charge in [-0.3, -0.25) is 9.12 Å². The summed E-state index contributed by atoms with van der Waals surface area (Å²) in [5.41, 5.74) is 3.73. The van der Waals surface area contributed by atoms with Crippen LogP contribution in [-0.2, 0) is 10.0 Å². The molecule has 8 heteroatoms. The van der Waals surface area contributed by atoms with E-state index in [1.54, 1.807) is 30.5 Å². The third-order valence-corrected chi connectivity index (χ3v) is 6.27. The standard InChI is InChI=1S/C20H17ClN4O2S/c1-13-7-8-17(12-18(13)21)28(26,27)24-16-6-3-5-15(11-16)19-14(2)25-10-4-9-22-20(25)23-19/h3-12,24H,1-2H3. The molecule has 4 aromatic rings. The van der Waals surface area contributed by atoms with E-state index in [4.69, 9.17) is 11.6 Å². The number of imidazole rings is 1. The normalized spacial score (nSPS) is 11.7. The number of hydrogen-bond donors (Lipinski definition) is 1. The molecule has 0 amide bonds. The van der Waals surface area contributed by atoms with Crippen LogP contribution in [0.3, 0.4) is 0 Å². The largest absolute Gasteiger partial charge is 0.288 e. The van der Waals surface area contributed by atoms with Crippen LogP contribution in [0.1, 0.15) is 11.3 Å². The molecule has 2 heterocycles. The number of aryl methyl sites for hydroxylation is 2. The van der Waals surface area contributed by atoms with Gasteiger partial charge in [0.1, 0.15) is 0 Å². The first kappa shape index (κ1) is 18.5. The van der Waals surface area contributed by atoms with Crippen LogP contribution in [-0.4, -0.2) is 22.8 Å². The second-order valence-electron chi connectivity index (χ2n) is 6.43. The molecule has 2 aromatic carbocycles. The number of hydrogen-bond acceptors (Lipinski definition) is 4. The summed E-state index contributed by atoms with van der Waals surface area (Å²) in [6.45, 7) is 3.77. The van der Waals surface area contributed by atoms with Crippen molar-refractivity contribution in [3.63, 3.8) is 0 Å². The monoisotopic (exact) mass is 412 g/mol. The summed E-state index contributed by atoms with van der Waals surface area (Å²) in [6.07, 6.45) is 3.57. The summed E-state index contributed by atoms with van der Waals surface area (Å²) in [5, 5.41) is 0.407. The van der Waals surface area contributed by atoms with Crippen molar-refractivity contribution in [3.8, 4) is 11.3 Å². The lowest BCUT2D eigenvalue weighted by Gasteiger charge is -2.10. The van der Waals surface area contributed by atoms with Gasteiger partial charge in [0.05, 0.1) is 10.6 Å². The third-order valence-electron chi connectivity index (χ3n) is 4.48. The van der Waals surface area contributed by atoms with E-state index in [9.17, 15) is 8.42 Å². The van der Waals surface area contributed by atoms with Gasteiger partial charge in [0.2, 0.25) is 5.78 Å². The van der Waals surface area contributed by atoms with E-state index in [-0.39, 0.29) is 4.90 Å². The molecule has 28 heavy (non-hydrogen) atoms. The number of sulfonamides is 1. The molecule has 0 spiro atoms. The second kappa shape index (κ2) is 6.92. The van der Waals surface area contributed by atoms with Gasteiger partial charge >= 0.3 is 0 Å². The third kappa shape index (κ3) is 3.34. The summed E-state index contributed by atoms with van der Waals surface area (Å²) in [5.74, 6) is 0.593. The lowest BCUT2D eigenvalue weighted by Crippen LogP contribution is -2.13. The predicted molar refractivity (Wildman–Crippen MR) is 110 cm³/mol. The highest BCUT2D eigenvalue weighted by Crippen LogP contribution is 2.27. The Hall–Kier alpha value is -2.90. The highest BCUT2D eigenvalue weighted by atomic mass is 35.5. The lowest BCUT2D eigenvalue weighted by atomic mass is 10.1. The van der Waals surface area contributed by atoms with Crippen molar-refractivity contribution in [3.05, 3.63) is 77.2 Å². The van der Waals surface area contributed by atoms with Crippen LogP contribution in [0, 0.1) is 13.8 Å². The quantitative estimate of drug-likeness (QED) is 0.536. The van der Waals surface area contributed by atoms with Crippen molar-refractivity contribution in [2.45, 2.75) is 18.7 Å². The zero-order chi connectivity index (χ0) is 19.9. The van der Waals surface area contributed by atoms with Crippen LogP contribution in [0.15, 0.2) is 65.8 Å². The summed E-state index contributed by atoms with van der Waals surface area (Å²) in [4.78, 5) is 8.92. The molecule has 4 rings (SSSR count). The van der Waals surface area contributed by atoms with Crippen molar-refractivity contribution < 1.29 is 8.42 Å². The summed E-state index contributed by atoms with van der Waals surface area (Å²) in [7, 11) is -3.76. The Kier molecular flexibility index (Phi) is 4.56. The molecule has 0 radical (unpaired) electrons. The molecular weight excluding hydrogens is 396 g/mol. The number of aromatic nitrogens is 3. The molecule has 0 aliphatic rings. The highest BCUT2D eigenvalue weighted by molar-refractivity contribution is 7.92. The van der Waals surface area contributed by atoms with Gasteiger partial charge in [0, 0.05) is 34.4 Å². The van der Waals surface area contributed by atoms with Crippen molar-refractivity contribution in [1.29, 1.82) is 0 Å². The fraction of sp³-hybridized carbons (Fsp3) is 0.100. The van der Waals surface area contributed by atoms with E-state index < -0.39 is 10.0 Å². The molecule has 0 atom stereocenters. The smallest absolute Gasteiger partial charge is 0.261 e. The van der Waals surface area contributed by atoms with Crippen LogP contribution < -0.4 is 4.72 Å². The van der Waals surface area contributed by atoms with Gasteiger partial charge in [-0.15, -0.1) is 0 Å². The van der Waals surface area contributed by atoms with Gasteiger partial charge in [0.25, 0.3) is 10.0 Å². The lowest BCUT2D eigenvalue weighted by molar-refractivity contribution is 0.601. The maximum Gasteiger partial charge on any atom is 0.261 e. The van der Waals surface area contributed by atoms with E-state index in [0.29, 0.717) is 16.5 Å². The van der Waals surface area contributed by atoms with Gasteiger partial charge in [-0.05, 0) is 49.7 Å². The first-order valence-electron chi connectivity index (χ1n) is 8.54. The van der Waals surface area contributed by atoms with Crippen LogP contribution in [0.5, 0.6) is 0 Å². The second-order valence-corrected chi connectivity index (χ2v) is 8.52. The van der Waals surface area contributed by atoms with Crippen LogP contribution in [0.2, 0.25) is 5.02 Å². The fourth-order valence-corrected chi connectivity index (χ4v) is 4.28. The van der Waals surface area contributed by atoms with Crippen molar-refractivity contribution in [2.75, 3.05) is 4.72 Å². The number of rotatable bonds is 4. The molecule has 0 fully saturated rings. The first-order chi connectivity index (χ1) is 13.3. The minimum atomic E-state index is -3.76. The Balaban J connectivity index is 1.70. The number of benzene rings is 2. The summed E-state index contributed by atoms with van der Waals surface area (Å²) >= 11 is 6.08. The molecular formula is C20H17ClN4O2S. The van der Waals surface area contributed by atoms with Gasteiger partial charge in [-0.25, -0.2) is 18.4 Å². The average Bonchev–Trinajstić information content (AvgIpc) is 3.01. The molecule has 2 aromatic heterocycles. The molecule has 1 N–H and O–H groups in total. The van der Waals surface area contributed by atoms with Crippen LogP contribution in [0.25, 0.3) is 17.0 Å². The number of halogens is 1. The van der Waals surface area contributed by atoms with Gasteiger partial charge in [-0.2, -0.15) is 0 Å². The number of nitrogens with one attached hydrogen (secondary N) is 1. The molecule has 6 nitrogen and oxygen atoms in total. The zero-order valence-corrected chi connectivity index (χ0v) is 16.8. The van der Waals surface area contributed by atoms with E-state index in [0.717, 1.165) is 22.5 Å². The summed E-state index contributed by atoms with van der Waals surface area (Å²) < 4.78 is 29.9. The maximum absolute atomic E-state index is 12.7. The van der Waals surface area contributed by atoms with Gasteiger partial charge in [-0.1, -0.05) is 29.8 Å². The van der Waals surface area contributed by atoms with Gasteiger partial charge < -0.3 is 0 Å². The number of nitrogens with zero attached hydrogens (tertiary/aromatic N) is 3. The van der Waals surface area contributed by atoms with E-state index in [1.807, 2.05) is 36.6 Å². The molecule has 0 aliphatic carbocycles. The zero-order valence-electron chi connectivity index (χ0n) is 15.2. The molecule has 0 aliphatic heterocycles. The molecule has 0 saturated carbocycles. The van der Waals surface area contributed by atoms with Crippen molar-refractivity contribution in [2.24, 2.45) is 0 Å². The topological polar surface area (TPSA) is 76.4 Å². The minimum absolute atomic E-state index is 0.113. The minimum Gasteiger partial charge on any atom is -0.288 e. The average molecular weight is 413 g/mol. The molecule has 0 saturated heterocycles. The van der Waals surface area contributed by atoms with E-state index in [2.05, 4.69) is 14.7 Å².